The Balaban J connectivity index is 2.21. The lowest BCUT2D eigenvalue weighted by molar-refractivity contribution is -0.145. The summed E-state index contributed by atoms with van der Waals surface area (Å²) in [5.74, 6) is -1.59. The van der Waals surface area contributed by atoms with E-state index < -0.39 is 18.0 Å². The molecule has 0 aromatic heterocycles. The van der Waals surface area contributed by atoms with E-state index in [4.69, 9.17) is 0 Å². The van der Waals surface area contributed by atoms with Gasteiger partial charge in [0.15, 0.2) is 0 Å². The molecule has 3 atom stereocenters. The average Bonchev–Trinajstić information content (AvgIpc) is 2.39. The lowest BCUT2D eigenvalue weighted by atomic mass is 9.77. The van der Waals surface area contributed by atoms with Gasteiger partial charge < -0.3 is 10.2 Å². The highest BCUT2D eigenvalue weighted by Crippen LogP contribution is 2.36. The van der Waals surface area contributed by atoms with Gasteiger partial charge in [0.2, 0.25) is 0 Å². The molecule has 0 spiro atoms. The van der Waals surface area contributed by atoms with Crippen LogP contribution in [0, 0.1) is 11.8 Å². The monoisotopic (exact) mass is 310 g/mol. The van der Waals surface area contributed by atoms with Crippen LogP contribution in [-0.4, -0.2) is 16.2 Å². The molecular formula is C14H15BrO3. The molecule has 0 saturated heterocycles. The second-order valence-electron chi connectivity index (χ2n) is 4.55. The lowest BCUT2D eigenvalue weighted by Crippen LogP contribution is -2.29. The third-order valence-electron chi connectivity index (χ3n) is 3.42. The molecular weight excluding hydrogens is 296 g/mol. The first kappa shape index (κ1) is 13.3. The minimum absolute atomic E-state index is 0.256. The van der Waals surface area contributed by atoms with Crippen LogP contribution in [0.3, 0.4) is 0 Å². The Morgan fingerprint density at radius 3 is 2.44 bits per heavy atom. The van der Waals surface area contributed by atoms with E-state index in [0.29, 0.717) is 12.8 Å². The van der Waals surface area contributed by atoms with Crippen LogP contribution in [0.25, 0.3) is 0 Å². The van der Waals surface area contributed by atoms with Crippen LogP contribution in [0.5, 0.6) is 0 Å². The zero-order chi connectivity index (χ0) is 13.1. The number of allylic oxidation sites excluding steroid dienone is 2. The summed E-state index contributed by atoms with van der Waals surface area (Å²) in [5.41, 5.74) is 0.768. The van der Waals surface area contributed by atoms with E-state index in [0.717, 1.165) is 10.0 Å². The Bertz CT molecular complexity index is 453. The third kappa shape index (κ3) is 2.82. The number of benzene rings is 1. The molecule has 2 rings (SSSR count). The molecule has 4 heteroatoms. The van der Waals surface area contributed by atoms with Crippen molar-refractivity contribution in [2.45, 2.75) is 18.9 Å². The minimum atomic E-state index is -0.833. The van der Waals surface area contributed by atoms with Crippen molar-refractivity contribution in [3.05, 3.63) is 46.5 Å². The van der Waals surface area contributed by atoms with E-state index in [9.17, 15) is 15.0 Å². The summed E-state index contributed by atoms with van der Waals surface area (Å²) in [6, 6.07) is 7.36. The molecule has 0 aliphatic heterocycles. The highest BCUT2D eigenvalue weighted by atomic mass is 79.9. The molecule has 96 valence electrons. The fourth-order valence-electron chi connectivity index (χ4n) is 2.38. The van der Waals surface area contributed by atoms with Crippen molar-refractivity contribution >= 4 is 21.9 Å². The molecule has 2 N–H and O–H groups in total. The number of halogens is 1. The van der Waals surface area contributed by atoms with Gasteiger partial charge in [-0.25, -0.2) is 0 Å². The molecule has 1 aliphatic rings. The zero-order valence-corrected chi connectivity index (χ0v) is 11.4. The molecule has 1 aromatic rings. The molecule has 0 heterocycles. The van der Waals surface area contributed by atoms with Gasteiger partial charge in [-0.1, -0.05) is 40.2 Å². The van der Waals surface area contributed by atoms with Crippen LogP contribution in [0.2, 0.25) is 0 Å². The smallest absolute Gasteiger partial charge is 0.307 e. The predicted molar refractivity (Wildman–Crippen MR) is 72.1 cm³/mol. The highest BCUT2D eigenvalue weighted by molar-refractivity contribution is 9.10. The Labute approximate surface area is 114 Å². The number of carbonyl (C=O) groups is 1. The van der Waals surface area contributed by atoms with Crippen molar-refractivity contribution in [3.8, 4) is 0 Å². The minimum Gasteiger partial charge on any atom is -0.481 e. The van der Waals surface area contributed by atoms with Gasteiger partial charge in [-0.3, -0.25) is 4.79 Å². The van der Waals surface area contributed by atoms with Crippen LogP contribution in [0.4, 0.5) is 0 Å². The number of hydrogen-bond donors (Lipinski definition) is 2. The van der Waals surface area contributed by atoms with Gasteiger partial charge >= 0.3 is 5.97 Å². The van der Waals surface area contributed by atoms with Crippen LogP contribution < -0.4 is 0 Å². The van der Waals surface area contributed by atoms with E-state index in [1.807, 2.05) is 36.4 Å². The number of rotatable bonds is 3. The maximum atomic E-state index is 11.2. The van der Waals surface area contributed by atoms with E-state index in [-0.39, 0.29) is 5.92 Å². The maximum Gasteiger partial charge on any atom is 0.307 e. The molecule has 0 fully saturated rings. The molecule has 0 amide bonds. The summed E-state index contributed by atoms with van der Waals surface area (Å²) in [7, 11) is 0. The van der Waals surface area contributed by atoms with Gasteiger partial charge in [0, 0.05) is 10.4 Å². The summed E-state index contributed by atoms with van der Waals surface area (Å²) in [4.78, 5) is 11.2. The van der Waals surface area contributed by atoms with Crippen molar-refractivity contribution in [3.63, 3.8) is 0 Å². The molecule has 0 radical (unpaired) electrons. The number of aliphatic hydroxyl groups excluding tert-OH is 1. The van der Waals surface area contributed by atoms with E-state index in [1.54, 1.807) is 0 Å². The topological polar surface area (TPSA) is 57.5 Å². The number of aliphatic carboxylic acids is 1. The predicted octanol–water partition coefficient (Wildman–Crippen LogP) is 3.15. The van der Waals surface area contributed by atoms with Gasteiger partial charge in [-0.2, -0.15) is 0 Å². The van der Waals surface area contributed by atoms with Crippen LogP contribution in [0.15, 0.2) is 40.9 Å². The molecule has 3 unspecified atom stereocenters. The van der Waals surface area contributed by atoms with Gasteiger partial charge in [0.05, 0.1) is 12.0 Å². The Morgan fingerprint density at radius 1 is 1.22 bits per heavy atom. The fraction of sp³-hybridized carbons (Fsp3) is 0.357. The van der Waals surface area contributed by atoms with Crippen LogP contribution in [-0.2, 0) is 4.79 Å². The molecule has 0 saturated carbocycles. The third-order valence-corrected chi connectivity index (χ3v) is 3.94. The van der Waals surface area contributed by atoms with Crippen LogP contribution in [0.1, 0.15) is 24.5 Å². The summed E-state index contributed by atoms with van der Waals surface area (Å²) >= 11 is 3.34. The SMILES string of the molecule is O=C(O)C1CC=CCC1C(O)c1ccc(Br)cc1. The first-order valence-corrected chi connectivity index (χ1v) is 6.70. The van der Waals surface area contributed by atoms with E-state index >= 15 is 0 Å². The molecule has 1 aromatic carbocycles. The normalized spacial score (nSPS) is 24.8. The maximum absolute atomic E-state index is 11.2. The molecule has 3 nitrogen and oxygen atoms in total. The largest absolute Gasteiger partial charge is 0.481 e. The van der Waals surface area contributed by atoms with Gasteiger partial charge in [0.25, 0.3) is 0 Å². The molecule has 1 aliphatic carbocycles. The highest BCUT2D eigenvalue weighted by Gasteiger charge is 2.34. The number of aliphatic hydroxyl groups is 1. The summed E-state index contributed by atoms with van der Waals surface area (Å²) in [6.45, 7) is 0. The number of hydrogen-bond acceptors (Lipinski definition) is 2. The molecule has 18 heavy (non-hydrogen) atoms. The second kappa shape index (κ2) is 5.67. The standard InChI is InChI=1S/C14H15BrO3/c15-10-7-5-9(6-8-10)13(16)11-3-1-2-4-12(11)14(17)18/h1-2,5-8,11-13,16H,3-4H2,(H,17,18). The lowest BCUT2D eigenvalue weighted by Gasteiger charge is -2.29. The zero-order valence-electron chi connectivity index (χ0n) is 9.79. The van der Waals surface area contributed by atoms with Gasteiger partial charge in [-0.05, 0) is 30.5 Å². The summed E-state index contributed by atoms with van der Waals surface area (Å²) < 4.78 is 0.941. The van der Waals surface area contributed by atoms with Crippen molar-refractivity contribution in [1.29, 1.82) is 0 Å². The van der Waals surface area contributed by atoms with E-state index in [1.165, 1.54) is 0 Å². The fourth-order valence-corrected chi connectivity index (χ4v) is 2.64. The average molecular weight is 311 g/mol. The summed E-state index contributed by atoms with van der Waals surface area (Å²) in [5, 5.41) is 19.5. The Kier molecular flexibility index (Phi) is 4.19. The van der Waals surface area contributed by atoms with Crippen molar-refractivity contribution in [2.24, 2.45) is 11.8 Å². The van der Waals surface area contributed by atoms with Crippen LogP contribution >= 0.6 is 15.9 Å². The first-order valence-electron chi connectivity index (χ1n) is 5.91. The van der Waals surface area contributed by atoms with Gasteiger partial charge in [-0.15, -0.1) is 0 Å². The number of carboxylic acid groups (broad SMARTS) is 1. The Morgan fingerprint density at radius 2 is 1.83 bits per heavy atom. The number of carboxylic acids is 1. The first-order chi connectivity index (χ1) is 8.59. The van der Waals surface area contributed by atoms with Crippen molar-refractivity contribution < 1.29 is 15.0 Å². The van der Waals surface area contributed by atoms with E-state index in [2.05, 4.69) is 15.9 Å². The summed E-state index contributed by atoms with van der Waals surface area (Å²) in [6.07, 6.45) is 4.20. The quantitative estimate of drug-likeness (QED) is 0.843. The Hall–Kier alpha value is -1.13. The molecule has 0 bridgehead atoms. The van der Waals surface area contributed by atoms with Crippen molar-refractivity contribution in [1.82, 2.24) is 0 Å². The van der Waals surface area contributed by atoms with Crippen molar-refractivity contribution in [2.75, 3.05) is 0 Å². The second-order valence-corrected chi connectivity index (χ2v) is 5.46. The van der Waals surface area contributed by atoms with Gasteiger partial charge in [0.1, 0.15) is 0 Å².